The maximum atomic E-state index is 12.2. The number of hydrogen-bond acceptors (Lipinski definition) is 4. The van der Waals surface area contributed by atoms with Gasteiger partial charge in [-0.1, -0.05) is 23.2 Å². The van der Waals surface area contributed by atoms with Crippen LogP contribution in [-0.2, 0) is 11.2 Å². The standard InChI is InChI=1S/C17H19Cl2N3OS/c1-10-6-12(4-5-20-10)21-16(23)8-13-9-24-17(22-13)14-3-2-11(18)7-15(14)19/h2-3,7,9-10,12,20H,4-6,8H2,1H3,(H,21,23). The van der Waals surface area contributed by atoms with Crippen LogP contribution in [0, 0.1) is 0 Å². The van der Waals surface area contributed by atoms with Crippen molar-refractivity contribution in [1.82, 2.24) is 15.6 Å². The molecule has 1 aromatic carbocycles. The molecule has 0 aliphatic carbocycles. The van der Waals surface area contributed by atoms with Crippen LogP contribution in [0.15, 0.2) is 23.6 Å². The number of piperidine rings is 1. The van der Waals surface area contributed by atoms with Gasteiger partial charge in [0.05, 0.1) is 17.1 Å². The molecule has 0 saturated carbocycles. The summed E-state index contributed by atoms with van der Waals surface area (Å²) in [7, 11) is 0. The molecule has 2 aromatic rings. The molecule has 1 saturated heterocycles. The third-order valence-corrected chi connectivity index (χ3v) is 5.52. The van der Waals surface area contributed by atoms with Crippen molar-refractivity contribution in [2.75, 3.05) is 6.54 Å². The number of aromatic nitrogens is 1. The molecule has 2 N–H and O–H groups in total. The summed E-state index contributed by atoms with van der Waals surface area (Å²) in [6, 6.07) is 6.03. The molecule has 0 radical (unpaired) electrons. The van der Waals surface area contributed by atoms with Gasteiger partial charge in [0, 0.05) is 28.0 Å². The van der Waals surface area contributed by atoms with Gasteiger partial charge in [0.2, 0.25) is 5.91 Å². The van der Waals surface area contributed by atoms with Crippen molar-refractivity contribution in [3.8, 4) is 10.6 Å². The Balaban J connectivity index is 1.62. The Bertz CT molecular complexity index is 734. The zero-order chi connectivity index (χ0) is 17.1. The number of benzene rings is 1. The number of nitrogens with zero attached hydrogens (tertiary/aromatic N) is 1. The maximum Gasteiger partial charge on any atom is 0.226 e. The van der Waals surface area contributed by atoms with E-state index in [9.17, 15) is 4.79 Å². The molecular formula is C17H19Cl2N3OS. The van der Waals surface area contributed by atoms with Gasteiger partial charge in [0.1, 0.15) is 5.01 Å². The SMILES string of the molecule is CC1CC(NC(=O)Cc2csc(-c3ccc(Cl)cc3Cl)n2)CCN1. The van der Waals surface area contributed by atoms with E-state index in [1.165, 1.54) is 11.3 Å². The molecule has 1 aliphatic heterocycles. The highest BCUT2D eigenvalue weighted by molar-refractivity contribution is 7.13. The summed E-state index contributed by atoms with van der Waals surface area (Å²) < 4.78 is 0. The van der Waals surface area contributed by atoms with Crippen LogP contribution in [0.1, 0.15) is 25.5 Å². The lowest BCUT2D eigenvalue weighted by atomic mass is 10.0. The van der Waals surface area contributed by atoms with Crippen molar-refractivity contribution in [3.63, 3.8) is 0 Å². The summed E-state index contributed by atoms with van der Waals surface area (Å²) >= 11 is 13.6. The van der Waals surface area contributed by atoms with Crippen molar-refractivity contribution in [2.45, 2.75) is 38.3 Å². The summed E-state index contributed by atoms with van der Waals surface area (Å²) in [5.74, 6) is 0.0214. The van der Waals surface area contributed by atoms with Crippen LogP contribution in [0.5, 0.6) is 0 Å². The van der Waals surface area contributed by atoms with Gasteiger partial charge in [0.15, 0.2) is 0 Å². The minimum absolute atomic E-state index is 0.0214. The van der Waals surface area contributed by atoms with Gasteiger partial charge in [-0.05, 0) is 44.5 Å². The second-order valence-electron chi connectivity index (χ2n) is 6.09. The van der Waals surface area contributed by atoms with E-state index in [-0.39, 0.29) is 11.9 Å². The monoisotopic (exact) mass is 383 g/mol. The van der Waals surface area contributed by atoms with Crippen molar-refractivity contribution < 1.29 is 4.79 Å². The largest absolute Gasteiger partial charge is 0.353 e. The number of carbonyl (C=O) groups is 1. The number of hydrogen-bond donors (Lipinski definition) is 2. The van der Waals surface area contributed by atoms with E-state index >= 15 is 0 Å². The van der Waals surface area contributed by atoms with Crippen LogP contribution < -0.4 is 10.6 Å². The zero-order valence-corrected chi connectivity index (χ0v) is 15.6. The Labute approximate surface area is 155 Å². The zero-order valence-electron chi connectivity index (χ0n) is 13.3. The van der Waals surface area contributed by atoms with E-state index in [1.54, 1.807) is 12.1 Å². The molecule has 1 fully saturated rings. The van der Waals surface area contributed by atoms with Gasteiger partial charge in [0.25, 0.3) is 0 Å². The lowest BCUT2D eigenvalue weighted by Crippen LogP contribution is -2.46. The predicted molar refractivity (Wildman–Crippen MR) is 99.9 cm³/mol. The number of amides is 1. The minimum Gasteiger partial charge on any atom is -0.353 e. The molecule has 0 bridgehead atoms. The van der Waals surface area contributed by atoms with Crippen molar-refractivity contribution in [2.24, 2.45) is 0 Å². The highest BCUT2D eigenvalue weighted by Gasteiger charge is 2.20. The van der Waals surface area contributed by atoms with Crippen LogP contribution in [0.2, 0.25) is 10.0 Å². The number of halogens is 2. The summed E-state index contributed by atoms with van der Waals surface area (Å²) in [5.41, 5.74) is 1.60. The topological polar surface area (TPSA) is 54.0 Å². The van der Waals surface area contributed by atoms with Crippen molar-refractivity contribution >= 4 is 40.4 Å². The van der Waals surface area contributed by atoms with E-state index in [0.717, 1.165) is 35.7 Å². The fourth-order valence-corrected chi connectivity index (χ4v) is 4.29. The summed E-state index contributed by atoms with van der Waals surface area (Å²) in [6.07, 6.45) is 2.23. The molecule has 2 heterocycles. The molecule has 2 unspecified atom stereocenters. The van der Waals surface area contributed by atoms with E-state index in [1.807, 2.05) is 11.4 Å². The molecular weight excluding hydrogens is 365 g/mol. The Kier molecular flexibility index (Phi) is 5.76. The quantitative estimate of drug-likeness (QED) is 0.840. The number of carbonyl (C=O) groups excluding carboxylic acids is 1. The first-order chi connectivity index (χ1) is 11.5. The van der Waals surface area contributed by atoms with Crippen LogP contribution in [-0.4, -0.2) is 29.5 Å². The fraction of sp³-hybridized carbons (Fsp3) is 0.412. The third kappa shape index (κ3) is 4.48. The molecule has 0 spiro atoms. The molecule has 7 heteroatoms. The predicted octanol–water partition coefficient (Wildman–Crippen LogP) is 3.92. The van der Waals surface area contributed by atoms with E-state index in [2.05, 4.69) is 22.5 Å². The number of nitrogens with one attached hydrogen (secondary N) is 2. The van der Waals surface area contributed by atoms with Gasteiger partial charge >= 0.3 is 0 Å². The molecule has 128 valence electrons. The first-order valence-corrected chi connectivity index (χ1v) is 9.57. The normalized spacial score (nSPS) is 20.8. The fourth-order valence-electron chi connectivity index (χ4n) is 2.88. The average molecular weight is 384 g/mol. The second kappa shape index (κ2) is 7.83. The van der Waals surface area contributed by atoms with E-state index in [0.29, 0.717) is 22.5 Å². The van der Waals surface area contributed by atoms with Gasteiger partial charge in [-0.2, -0.15) is 0 Å². The Hall–Kier alpha value is -1.14. The van der Waals surface area contributed by atoms with E-state index < -0.39 is 0 Å². The smallest absolute Gasteiger partial charge is 0.226 e. The lowest BCUT2D eigenvalue weighted by Gasteiger charge is -2.28. The third-order valence-electron chi connectivity index (χ3n) is 4.04. The van der Waals surface area contributed by atoms with Crippen LogP contribution in [0.25, 0.3) is 10.6 Å². The molecule has 24 heavy (non-hydrogen) atoms. The Morgan fingerprint density at radius 2 is 2.29 bits per heavy atom. The first-order valence-electron chi connectivity index (χ1n) is 7.94. The average Bonchev–Trinajstić information content (AvgIpc) is 2.95. The van der Waals surface area contributed by atoms with Crippen molar-refractivity contribution in [1.29, 1.82) is 0 Å². The molecule has 1 aliphatic rings. The van der Waals surface area contributed by atoms with Crippen molar-refractivity contribution in [3.05, 3.63) is 39.3 Å². The van der Waals surface area contributed by atoms with Gasteiger partial charge < -0.3 is 10.6 Å². The summed E-state index contributed by atoms with van der Waals surface area (Å²) in [5, 5.41) is 10.4. The Morgan fingerprint density at radius 3 is 3.04 bits per heavy atom. The summed E-state index contributed by atoms with van der Waals surface area (Å²) in [6.45, 7) is 3.09. The minimum atomic E-state index is 0.0214. The second-order valence-corrected chi connectivity index (χ2v) is 7.79. The van der Waals surface area contributed by atoms with Crippen LogP contribution in [0.4, 0.5) is 0 Å². The van der Waals surface area contributed by atoms with Crippen LogP contribution >= 0.6 is 34.5 Å². The summed E-state index contributed by atoms with van der Waals surface area (Å²) in [4.78, 5) is 16.8. The molecule has 4 nitrogen and oxygen atoms in total. The van der Waals surface area contributed by atoms with Gasteiger partial charge in [-0.25, -0.2) is 4.98 Å². The van der Waals surface area contributed by atoms with Gasteiger partial charge in [-0.3, -0.25) is 4.79 Å². The lowest BCUT2D eigenvalue weighted by molar-refractivity contribution is -0.121. The molecule has 3 rings (SSSR count). The van der Waals surface area contributed by atoms with E-state index in [4.69, 9.17) is 23.2 Å². The maximum absolute atomic E-state index is 12.2. The molecule has 1 amide bonds. The Morgan fingerprint density at radius 1 is 1.46 bits per heavy atom. The highest BCUT2D eigenvalue weighted by atomic mass is 35.5. The number of thiazole rings is 1. The highest BCUT2D eigenvalue weighted by Crippen LogP contribution is 2.32. The molecule has 2 atom stereocenters. The molecule has 1 aromatic heterocycles. The van der Waals surface area contributed by atoms with Crippen LogP contribution in [0.3, 0.4) is 0 Å². The number of rotatable bonds is 4. The first kappa shape index (κ1) is 17.7. The van der Waals surface area contributed by atoms with Gasteiger partial charge in [-0.15, -0.1) is 11.3 Å².